The average molecular weight is 323 g/mol. The van der Waals surface area contributed by atoms with Crippen LogP contribution in [0.3, 0.4) is 0 Å². The van der Waals surface area contributed by atoms with Crippen LogP contribution < -0.4 is 10.1 Å². The maximum Gasteiger partial charge on any atom is 0.317 e. The van der Waals surface area contributed by atoms with Crippen LogP contribution in [-0.4, -0.2) is 56.2 Å². The minimum Gasteiger partial charge on any atom is -0.496 e. The lowest BCUT2D eigenvalue weighted by Crippen LogP contribution is -2.51. The Morgan fingerprint density at radius 2 is 2.22 bits per heavy atom. The number of carbonyl (C=O) groups is 1. The molecule has 6 heteroatoms. The van der Waals surface area contributed by atoms with Gasteiger partial charge in [0.05, 0.1) is 18.7 Å². The maximum atomic E-state index is 14.1. The van der Waals surface area contributed by atoms with Gasteiger partial charge in [0.1, 0.15) is 11.6 Å². The van der Waals surface area contributed by atoms with E-state index >= 15 is 0 Å². The number of benzene rings is 1. The Hall–Kier alpha value is -1.82. The van der Waals surface area contributed by atoms with E-state index in [0.717, 1.165) is 19.4 Å². The summed E-state index contributed by atoms with van der Waals surface area (Å²) >= 11 is 0. The number of halogens is 1. The molecule has 1 aliphatic heterocycles. The normalized spacial score (nSPS) is 19.6. The summed E-state index contributed by atoms with van der Waals surface area (Å²) < 4.78 is 19.3. The Bertz CT molecular complexity index is 551. The van der Waals surface area contributed by atoms with E-state index in [2.05, 4.69) is 10.2 Å². The first-order valence-electron chi connectivity index (χ1n) is 7.98. The van der Waals surface area contributed by atoms with Crippen LogP contribution in [-0.2, 0) is 0 Å². The molecule has 1 saturated heterocycles. The molecule has 0 aromatic heterocycles. The van der Waals surface area contributed by atoms with Crippen molar-refractivity contribution in [3.8, 4) is 5.75 Å². The number of hydrogen-bond donors (Lipinski definition) is 1. The molecule has 0 radical (unpaired) electrons. The van der Waals surface area contributed by atoms with Gasteiger partial charge >= 0.3 is 6.03 Å². The number of hydrogen-bond acceptors (Lipinski definition) is 3. The zero-order chi connectivity index (χ0) is 17.0. The van der Waals surface area contributed by atoms with Gasteiger partial charge in [0.2, 0.25) is 0 Å². The van der Waals surface area contributed by atoms with Crippen LogP contribution in [0.2, 0.25) is 0 Å². The number of methoxy groups -OCH3 is 1. The molecule has 0 aliphatic carbocycles. The quantitative estimate of drug-likeness (QED) is 0.926. The van der Waals surface area contributed by atoms with E-state index in [-0.39, 0.29) is 11.8 Å². The van der Waals surface area contributed by atoms with Gasteiger partial charge in [-0.25, -0.2) is 9.18 Å². The first kappa shape index (κ1) is 17.5. The van der Waals surface area contributed by atoms with E-state index < -0.39 is 6.04 Å². The molecule has 23 heavy (non-hydrogen) atoms. The van der Waals surface area contributed by atoms with Crippen molar-refractivity contribution in [3.63, 3.8) is 0 Å². The van der Waals surface area contributed by atoms with Crippen LogP contribution in [0.5, 0.6) is 5.75 Å². The molecule has 1 fully saturated rings. The SMILES string of the molecule is COc1cccc(F)c1[C@H](C)NC(=O)N1CCC[C@@H](N(C)C)C1. The number of piperidine rings is 1. The maximum absolute atomic E-state index is 14.1. The van der Waals surface area contributed by atoms with Gasteiger partial charge in [0.15, 0.2) is 0 Å². The fourth-order valence-electron chi connectivity index (χ4n) is 3.02. The highest BCUT2D eigenvalue weighted by molar-refractivity contribution is 5.75. The number of nitrogens with zero attached hydrogens (tertiary/aromatic N) is 2. The minimum atomic E-state index is -0.460. The summed E-state index contributed by atoms with van der Waals surface area (Å²) in [6.45, 7) is 3.20. The van der Waals surface area contributed by atoms with E-state index in [1.54, 1.807) is 24.0 Å². The fourth-order valence-corrected chi connectivity index (χ4v) is 3.02. The van der Waals surface area contributed by atoms with E-state index in [9.17, 15) is 9.18 Å². The molecule has 0 spiro atoms. The lowest BCUT2D eigenvalue weighted by atomic mass is 10.0. The molecule has 2 amide bonds. The Morgan fingerprint density at radius 3 is 2.87 bits per heavy atom. The second-order valence-corrected chi connectivity index (χ2v) is 6.23. The highest BCUT2D eigenvalue weighted by Crippen LogP contribution is 2.28. The molecule has 1 heterocycles. The molecule has 1 aliphatic rings. The second kappa shape index (κ2) is 7.64. The predicted octanol–water partition coefficient (Wildman–Crippen LogP) is 2.63. The standard InChI is InChI=1S/C17H26FN3O2/c1-12(16-14(18)8-5-9-15(16)23-4)19-17(22)21-10-6-7-13(11-21)20(2)3/h5,8-9,12-13H,6-7,10-11H2,1-4H3,(H,19,22)/t12-,13+/m0/s1. The number of nitrogens with one attached hydrogen (secondary N) is 1. The first-order valence-corrected chi connectivity index (χ1v) is 7.98. The molecule has 0 saturated carbocycles. The zero-order valence-corrected chi connectivity index (χ0v) is 14.3. The third kappa shape index (κ3) is 4.13. The van der Waals surface area contributed by atoms with Crippen molar-refractivity contribution in [1.29, 1.82) is 0 Å². The first-order chi connectivity index (χ1) is 10.9. The highest BCUT2D eigenvalue weighted by atomic mass is 19.1. The number of rotatable bonds is 4. The third-order valence-corrected chi connectivity index (χ3v) is 4.42. The van der Waals surface area contributed by atoms with Gasteiger partial charge in [-0.3, -0.25) is 0 Å². The lowest BCUT2D eigenvalue weighted by Gasteiger charge is -2.36. The summed E-state index contributed by atoms with van der Waals surface area (Å²) in [6.07, 6.45) is 2.07. The van der Waals surface area contributed by atoms with Crippen LogP contribution >= 0.6 is 0 Å². The molecule has 0 bridgehead atoms. The summed E-state index contributed by atoms with van der Waals surface area (Å²) in [7, 11) is 5.55. The van der Waals surface area contributed by atoms with Crippen molar-refractivity contribution in [3.05, 3.63) is 29.6 Å². The molecule has 5 nitrogen and oxygen atoms in total. The summed E-state index contributed by atoms with van der Waals surface area (Å²) in [4.78, 5) is 16.4. The van der Waals surface area contributed by atoms with Gasteiger partial charge in [-0.2, -0.15) is 0 Å². The summed E-state index contributed by atoms with van der Waals surface area (Å²) in [5.74, 6) is 0.0737. The molecule has 2 atom stereocenters. The summed E-state index contributed by atoms with van der Waals surface area (Å²) in [6, 6.07) is 4.42. The van der Waals surface area contributed by atoms with Gasteiger partial charge in [0, 0.05) is 19.1 Å². The number of likely N-dealkylation sites (tertiary alicyclic amines) is 1. The van der Waals surface area contributed by atoms with Crippen LogP contribution in [0.15, 0.2) is 18.2 Å². The minimum absolute atomic E-state index is 0.158. The van der Waals surface area contributed by atoms with Crippen LogP contribution in [0.4, 0.5) is 9.18 Å². The second-order valence-electron chi connectivity index (χ2n) is 6.23. The Labute approximate surface area is 137 Å². The smallest absolute Gasteiger partial charge is 0.317 e. The molecule has 1 N–H and O–H groups in total. The van der Waals surface area contributed by atoms with Crippen molar-refractivity contribution in [1.82, 2.24) is 15.1 Å². The van der Waals surface area contributed by atoms with Gasteiger partial charge in [-0.05, 0) is 46.0 Å². The zero-order valence-electron chi connectivity index (χ0n) is 14.3. The highest BCUT2D eigenvalue weighted by Gasteiger charge is 2.26. The van der Waals surface area contributed by atoms with Crippen molar-refractivity contribution < 1.29 is 13.9 Å². The molecule has 1 aromatic carbocycles. The van der Waals surface area contributed by atoms with E-state index in [4.69, 9.17) is 4.74 Å². The molecule has 128 valence electrons. The Kier molecular flexibility index (Phi) is 5.82. The number of urea groups is 1. The van der Waals surface area contributed by atoms with Crippen molar-refractivity contribution in [2.24, 2.45) is 0 Å². The van der Waals surface area contributed by atoms with E-state index in [0.29, 0.717) is 23.9 Å². The molecular formula is C17H26FN3O2. The number of likely N-dealkylation sites (N-methyl/N-ethyl adjacent to an activating group) is 1. The lowest BCUT2D eigenvalue weighted by molar-refractivity contribution is 0.138. The van der Waals surface area contributed by atoms with Crippen molar-refractivity contribution >= 4 is 6.03 Å². The molecule has 2 rings (SSSR count). The van der Waals surface area contributed by atoms with Crippen molar-refractivity contribution in [2.45, 2.75) is 31.8 Å². The van der Waals surface area contributed by atoms with Gasteiger partial charge in [-0.1, -0.05) is 6.07 Å². The van der Waals surface area contributed by atoms with Gasteiger partial charge in [-0.15, -0.1) is 0 Å². The molecular weight excluding hydrogens is 297 g/mol. The third-order valence-electron chi connectivity index (χ3n) is 4.42. The number of carbonyl (C=O) groups excluding carboxylic acids is 1. The monoisotopic (exact) mass is 323 g/mol. The van der Waals surface area contributed by atoms with E-state index in [1.807, 2.05) is 14.1 Å². The van der Waals surface area contributed by atoms with Crippen molar-refractivity contribution in [2.75, 3.05) is 34.3 Å². The Balaban J connectivity index is 2.05. The predicted molar refractivity (Wildman–Crippen MR) is 88.2 cm³/mol. The van der Waals surface area contributed by atoms with Crippen LogP contribution in [0, 0.1) is 5.82 Å². The fraction of sp³-hybridized carbons (Fsp3) is 0.588. The number of ether oxygens (including phenoxy) is 1. The summed E-state index contributed by atoms with van der Waals surface area (Å²) in [5, 5.41) is 2.89. The topological polar surface area (TPSA) is 44.8 Å². The molecule has 1 aromatic rings. The number of amides is 2. The van der Waals surface area contributed by atoms with E-state index in [1.165, 1.54) is 13.2 Å². The van der Waals surface area contributed by atoms with Crippen LogP contribution in [0.1, 0.15) is 31.4 Å². The van der Waals surface area contributed by atoms with Crippen LogP contribution in [0.25, 0.3) is 0 Å². The Morgan fingerprint density at radius 1 is 1.48 bits per heavy atom. The van der Waals surface area contributed by atoms with Gasteiger partial charge < -0.3 is 19.9 Å². The largest absolute Gasteiger partial charge is 0.496 e. The van der Waals surface area contributed by atoms with Gasteiger partial charge in [0.25, 0.3) is 0 Å². The average Bonchev–Trinajstić information content (AvgIpc) is 2.54. The molecule has 0 unspecified atom stereocenters. The summed E-state index contributed by atoms with van der Waals surface area (Å²) in [5.41, 5.74) is 0.379.